The first-order valence-corrected chi connectivity index (χ1v) is 10.4. The SMILES string of the molecule is CCN1CCN(c2nnc(-n3cccc3C(=O)Nc3ccccc3OC)s2)CC1. The zero-order valence-electron chi connectivity index (χ0n) is 16.5. The number of rotatable bonds is 6. The standard InChI is InChI=1S/C20H24N6O2S/c1-3-24-11-13-25(14-12-24)19-22-23-20(29-19)26-10-6-8-16(26)18(27)21-15-7-4-5-9-17(15)28-2/h4-10H,3,11-14H2,1-2H3,(H,21,27). The molecule has 1 aliphatic heterocycles. The molecule has 9 heteroatoms. The van der Waals surface area contributed by atoms with E-state index in [4.69, 9.17) is 4.74 Å². The van der Waals surface area contributed by atoms with Crippen molar-refractivity contribution in [1.82, 2.24) is 19.7 Å². The highest BCUT2D eigenvalue weighted by atomic mass is 32.1. The van der Waals surface area contributed by atoms with Crippen molar-refractivity contribution in [3.63, 3.8) is 0 Å². The Balaban J connectivity index is 1.51. The molecule has 3 aromatic rings. The van der Waals surface area contributed by atoms with Gasteiger partial charge in [0, 0.05) is 32.4 Å². The minimum absolute atomic E-state index is 0.229. The first-order valence-electron chi connectivity index (χ1n) is 9.62. The maximum atomic E-state index is 12.9. The van der Waals surface area contributed by atoms with Crippen LogP contribution in [0.25, 0.3) is 5.13 Å². The van der Waals surface area contributed by atoms with Gasteiger partial charge in [0.15, 0.2) is 0 Å². The van der Waals surface area contributed by atoms with Crippen molar-refractivity contribution in [2.24, 2.45) is 0 Å². The van der Waals surface area contributed by atoms with Crippen LogP contribution in [-0.2, 0) is 0 Å². The zero-order chi connectivity index (χ0) is 20.2. The quantitative estimate of drug-likeness (QED) is 0.671. The number of carbonyl (C=O) groups is 1. The second-order valence-electron chi connectivity index (χ2n) is 6.71. The van der Waals surface area contributed by atoms with E-state index in [1.165, 1.54) is 11.3 Å². The molecule has 3 heterocycles. The number of ether oxygens (including phenoxy) is 1. The van der Waals surface area contributed by atoms with Crippen LogP contribution in [0.1, 0.15) is 17.4 Å². The van der Waals surface area contributed by atoms with Crippen molar-refractivity contribution in [2.45, 2.75) is 6.92 Å². The molecule has 0 spiro atoms. The fourth-order valence-electron chi connectivity index (χ4n) is 3.36. The van der Waals surface area contributed by atoms with Crippen LogP contribution in [0.2, 0.25) is 0 Å². The third kappa shape index (κ3) is 4.10. The van der Waals surface area contributed by atoms with Gasteiger partial charge in [0.05, 0.1) is 12.8 Å². The molecule has 8 nitrogen and oxygen atoms in total. The minimum Gasteiger partial charge on any atom is -0.495 e. The number of hydrogen-bond donors (Lipinski definition) is 1. The Morgan fingerprint density at radius 3 is 2.62 bits per heavy atom. The molecule has 0 bridgehead atoms. The number of likely N-dealkylation sites (N-methyl/N-ethyl adjacent to an activating group) is 1. The molecule has 1 aliphatic rings. The number of amides is 1. The molecular weight excluding hydrogens is 388 g/mol. The smallest absolute Gasteiger partial charge is 0.272 e. The number of benzene rings is 1. The second kappa shape index (κ2) is 8.62. The molecule has 4 rings (SSSR count). The first-order chi connectivity index (χ1) is 14.2. The van der Waals surface area contributed by atoms with E-state index in [1.54, 1.807) is 17.7 Å². The van der Waals surface area contributed by atoms with E-state index >= 15 is 0 Å². The largest absolute Gasteiger partial charge is 0.495 e. The van der Waals surface area contributed by atoms with Crippen molar-refractivity contribution in [1.29, 1.82) is 0 Å². The lowest BCUT2D eigenvalue weighted by Crippen LogP contribution is -2.46. The summed E-state index contributed by atoms with van der Waals surface area (Å²) >= 11 is 1.49. The number of nitrogens with zero attached hydrogens (tertiary/aromatic N) is 5. The zero-order valence-corrected chi connectivity index (χ0v) is 17.4. The molecule has 1 N–H and O–H groups in total. The van der Waals surface area contributed by atoms with Crippen LogP contribution in [0, 0.1) is 0 Å². The summed E-state index contributed by atoms with van der Waals surface area (Å²) in [5.41, 5.74) is 1.12. The van der Waals surface area contributed by atoms with Crippen LogP contribution >= 0.6 is 11.3 Å². The number of anilines is 2. The fraction of sp³-hybridized carbons (Fsp3) is 0.350. The van der Waals surface area contributed by atoms with Crippen LogP contribution < -0.4 is 15.0 Å². The Bertz CT molecular complexity index is 977. The average Bonchev–Trinajstić information content (AvgIpc) is 3.44. The lowest BCUT2D eigenvalue weighted by atomic mass is 10.3. The van der Waals surface area contributed by atoms with Crippen molar-refractivity contribution in [3.05, 3.63) is 48.3 Å². The number of piperazine rings is 1. The van der Waals surface area contributed by atoms with Crippen LogP contribution in [0.3, 0.4) is 0 Å². The van der Waals surface area contributed by atoms with Gasteiger partial charge < -0.3 is 19.9 Å². The molecule has 152 valence electrons. The van der Waals surface area contributed by atoms with E-state index in [1.807, 2.05) is 36.5 Å². The molecule has 0 radical (unpaired) electrons. The number of methoxy groups -OCH3 is 1. The molecule has 1 aromatic carbocycles. The van der Waals surface area contributed by atoms with Gasteiger partial charge >= 0.3 is 0 Å². The highest BCUT2D eigenvalue weighted by Gasteiger charge is 2.21. The van der Waals surface area contributed by atoms with Crippen LogP contribution in [0.5, 0.6) is 5.75 Å². The predicted octanol–water partition coefficient (Wildman–Crippen LogP) is 2.73. The Morgan fingerprint density at radius 2 is 1.86 bits per heavy atom. The van der Waals surface area contributed by atoms with Gasteiger partial charge in [-0.05, 0) is 30.8 Å². The van der Waals surface area contributed by atoms with Crippen LogP contribution in [0.4, 0.5) is 10.8 Å². The third-order valence-electron chi connectivity index (χ3n) is 5.04. The summed E-state index contributed by atoms with van der Waals surface area (Å²) in [5, 5.41) is 13.2. The molecule has 2 aromatic heterocycles. The monoisotopic (exact) mass is 412 g/mol. The number of aromatic nitrogens is 3. The second-order valence-corrected chi connectivity index (χ2v) is 7.64. The number of hydrogen-bond acceptors (Lipinski definition) is 7. The number of carbonyl (C=O) groups excluding carboxylic acids is 1. The van der Waals surface area contributed by atoms with Gasteiger partial charge in [-0.15, -0.1) is 10.2 Å². The summed E-state index contributed by atoms with van der Waals surface area (Å²) in [4.78, 5) is 17.5. The summed E-state index contributed by atoms with van der Waals surface area (Å²) in [7, 11) is 1.58. The molecule has 0 unspecified atom stereocenters. The van der Waals surface area contributed by atoms with Crippen molar-refractivity contribution in [3.8, 4) is 10.9 Å². The van der Waals surface area contributed by atoms with Gasteiger partial charge in [-0.2, -0.15) is 0 Å². The van der Waals surface area contributed by atoms with Crippen molar-refractivity contribution in [2.75, 3.05) is 50.1 Å². The fourth-order valence-corrected chi connectivity index (χ4v) is 4.25. The Morgan fingerprint density at radius 1 is 1.10 bits per heavy atom. The summed E-state index contributed by atoms with van der Waals surface area (Å²) in [6, 6.07) is 10.9. The summed E-state index contributed by atoms with van der Waals surface area (Å²) in [6.07, 6.45) is 1.83. The average molecular weight is 413 g/mol. The van der Waals surface area contributed by atoms with E-state index in [9.17, 15) is 4.79 Å². The van der Waals surface area contributed by atoms with Crippen LogP contribution in [-0.4, -0.2) is 65.4 Å². The van der Waals surface area contributed by atoms with E-state index in [2.05, 4.69) is 32.2 Å². The Labute approximate surface area is 173 Å². The number of para-hydroxylation sites is 2. The normalized spacial score (nSPS) is 14.8. The van der Waals surface area contributed by atoms with E-state index in [0.717, 1.165) is 37.9 Å². The molecule has 0 saturated carbocycles. The van der Waals surface area contributed by atoms with Crippen LogP contribution in [0.15, 0.2) is 42.6 Å². The molecule has 0 atom stereocenters. The molecular formula is C20H24N6O2S. The van der Waals surface area contributed by atoms with Gasteiger partial charge in [0.25, 0.3) is 5.91 Å². The highest BCUT2D eigenvalue weighted by molar-refractivity contribution is 7.17. The van der Waals surface area contributed by atoms with Crippen molar-refractivity contribution >= 4 is 28.1 Å². The molecule has 0 aliphatic carbocycles. The Kier molecular flexibility index (Phi) is 5.77. The van der Waals surface area contributed by atoms with E-state index in [0.29, 0.717) is 22.3 Å². The highest BCUT2D eigenvalue weighted by Crippen LogP contribution is 2.27. The van der Waals surface area contributed by atoms with E-state index < -0.39 is 0 Å². The molecule has 29 heavy (non-hydrogen) atoms. The minimum atomic E-state index is -0.229. The predicted molar refractivity (Wildman–Crippen MR) is 115 cm³/mol. The van der Waals surface area contributed by atoms with Crippen molar-refractivity contribution < 1.29 is 9.53 Å². The van der Waals surface area contributed by atoms with Gasteiger partial charge in [-0.3, -0.25) is 9.36 Å². The van der Waals surface area contributed by atoms with Gasteiger partial charge in [0.2, 0.25) is 10.3 Å². The lowest BCUT2D eigenvalue weighted by molar-refractivity contribution is 0.102. The molecule has 1 amide bonds. The summed E-state index contributed by atoms with van der Waals surface area (Å²) in [6.45, 7) is 7.19. The molecule has 1 fully saturated rings. The maximum absolute atomic E-state index is 12.9. The van der Waals surface area contributed by atoms with Gasteiger partial charge in [0.1, 0.15) is 11.4 Å². The number of nitrogens with one attached hydrogen (secondary N) is 1. The Hall–Kier alpha value is -2.91. The topological polar surface area (TPSA) is 75.5 Å². The molecule has 1 saturated heterocycles. The summed E-state index contributed by atoms with van der Waals surface area (Å²) < 4.78 is 7.09. The van der Waals surface area contributed by atoms with E-state index in [-0.39, 0.29) is 5.91 Å². The lowest BCUT2D eigenvalue weighted by Gasteiger charge is -2.33. The third-order valence-corrected chi connectivity index (χ3v) is 6.02. The summed E-state index contributed by atoms with van der Waals surface area (Å²) in [5.74, 6) is 0.385. The van der Waals surface area contributed by atoms with Gasteiger partial charge in [-0.1, -0.05) is 30.4 Å². The first kappa shape index (κ1) is 19.4. The van der Waals surface area contributed by atoms with Gasteiger partial charge in [-0.25, -0.2) is 0 Å². The maximum Gasteiger partial charge on any atom is 0.272 e.